The van der Waals surface area contributed by atoms with Crippen LogP contribution in [0.25, 0.3) is 0 Å². The minimum Gasteiger partial charge on any atom is -0.452 e. The fraction of sp³-hybridized carbons (Fsp3) is 0.385. The maximum atomic E-state index is 13.4. The summed E-state index contributed by atoms with van der Waals surface area (Å²) < 4.78 is 18.2. The predicted octanol–water partition coefficient (Wildman–Crippen LogP) is 1.43. The lowest BCUT2D eigenvalue weighted by atomic mass is 10.2. The van der Waals surface area contributed by atoms with Crippen LogP contribution in [0.15, 0.2) is 18.2 Å². The number of carbonyl (C=O) groups is 2. The van der Waals surface area contributed by atoms with Crippen molar-refractivity contribution in [1.29, 1.82) is 0 Å². The van der Waals surface area contributed by atoms with E-state index >= 15 is 0 Å². The zero-order chi connectivity index (χ0) is 14.4. The van der Waals surface area contributed by atoms with E-state index in [1.54, 1.807) is 0 Å². The first-order valence-corrected chi connectivity index (χ1v) is 5.99. The summed E-state index contributed by atoms with van der Waals surface area (Å²) in [6.45, 7) is 4.31. The summed E-state index contributed by atoms with van der Waals surface area (Å²) in [5, 5.41) is 0. The molecule has 1 aromatic rings. The van der Waals surface area contributed by atoms with Gasteiger partial charge in [0.1, 0.15) is 5.82 Å². The second-order valence-corrected chi connectivity index (χ2v) is 3.88. The maximum Gasteiger partial charge on any atom is 0.341 e. The average molecular weight is 268 g/mol. The van der Waals surface area contributed by atoms with Crippen LogP contribution in [0.2, 0.25) is 0 Å². The number of carbonyl (C=O) groups excluding carboxylic acids is 2. The van der Waals surface area contributed by atoms with Crippen LogP contribution < -0.4 is 5.73 Å². The summed E-state index contributed by atoms with van der Waals surface area (Å²) in [6, 6.07) is 3.66. The van der Waals surface area contributed by atoms with Crippen molar-refractivity contribution in [3.05, 3.63) is 29.6 Å². The Bertz CT molecular complexity index is 473. The van der Waals surface area contributed by atoms with E-state index in [1.165, 1.54) is 17.0 Å². The standard InChI is InChI=1S/C13H17FN2O3/c1-3-16(4-2)12(17)8-19-13(18)10-6-5-9(15)7-11(10)14/h5-7H,3-4,8,15H2,1-2H3. The smallest absolute Gasteiger partial charge is 0.341 e. The number of nitrogens with two attached hydrogens (primary N) is 1. The van der Waals surface area contributed by atoms with E-state index < -0.39 is 18.4 Å². The van der Waals surface area contributed by atoms with E-state index in [4.69, 9.17) is 10.5 Å². The Morgan fingerprint density at radius 2 is 1.95 bits per heavy atom. The molecule has 104 valence electrons. The molecule has 1 rings (SSSR count). The van der Waals surface area contributed by atoms with Gasteiger partial charge in [-0.3, -0.25) is 4.79 Å². The predicted molar refractivity (Wildman–Crippen MR) is 69.0 cm³/mol. The van der Waals surface area contributed by atoms with Crippen molar-refractivity contribution >= 4 is 17.6 Å². The molecule has 0 saturated heterocycles. The van der Waals surface area contributed by atoms with Crippen molar-refractivity contribution < 1.29 is 18.7 Å². The van der Waals surface area contributed by atoms with E-state index in [2.05, 4.69) is 0 Å². The molecule has 0 fully saturated rings. The van der Waals surface area contributed by atoms with Gasteiger partial charge in [0, 0.05) is 18.8 Å². The van der Waals surface area contributed by atoms with Gasteiger partial charge < -0.3 is 15.4 Å². The molecule has 0 spiro atoms. The van der Waals surface area contributed by atoms with Crippen molar-refractivity contribution in [3.8, 4) is 0 Å². The van der Waals surface area contributed by atoms with E-state index in [9.17, 15) is 14.0 Å². The third-order valence-electron chi connectivity index (χ3n) is 2.66. The number of likely N-dealkylation sites (N-methyl/N-ethyl adjacent to an activating group) is 1. The number of rotatable bonds is 5. The van der Waals surface area contributed by atoms with Gasteiger partial charge in [-0.15, -0.1) is 0 Å². The molecule has 0 aliphatic rings. The molecule has 6 heteroatoms. The zero-order valence-electron chi connectivity index (χ0n) is 11.0. The summed E-state index contributed by atoms with van der Waals surface area (Å²) in [7, 11) is 0. The monoisotopic (exact) mass is 268 g/mol. The number of hydrogen-bond donors (Lipinski definition) is 1. The molecule has 0 radical (unpaired) electrons. The molecule has 0 aliphatic heterocycles. The first-order valence-electron chi connectivity index (χ1n) is 5.99. The number of hydrogen-bond acceptors (Lipinski definition) is 4. The highest BCUT2D eigenvalue weighted by Crippen LogP contribution is 2.12. The van der Waals surface area contributed by atoms with Crippen LogP contribution in [0.4, 0.5) is 10.1 Å². The number of nitrogen functional groups attached to an aromatic ring is 1. The summed E-state index contributed by atoms with van der Waals surface area (Å²) in [4.78, 5) is 24.7. The Labute approximate surface area is 111 Å². The summed E-state index contributed by atoms with van der Waals surface area (Å²) in [6.07, 6.45) is 0. The number of halogens is 1. The molecule has 2 N–H and O–H groups in total. The zero-order valence-corrected chi connectivity index (χ0v) is 11.0. The van der Waals surface area contributed by atoms with Gasteiger partial charge in [-0.2, -0.15) is 0 Å². The molecule has 19 heavy (non-hydrogen) atoms. The number of esters is 1. The van der Waals surface area contributed by atoms with Crippen LogP contribution in [0.3, 0.4) is 0 Å². The van der Waals surface area contributed by atoms with Crippen molar-refractivity contribution in [2.45, 2.75) is 13.8 Å². The van der Waals surface area contributed by atoms with Gasteiger partial charge in [-0.25, -0.2) is 9.18 Å². The van der Waals surface area contributed by atoms with Gasteiger partial charge in [-0.05, 0) is 32.0 Å². The highest BCUT2D eigenvalue weighted by molar-refractivity contribution is 5.91. The van der Waals surface area contributed by atoms with Crippen LogP contribution in [-0.2, 0) is 9.53 Å². The molecular formula is C13H17FN2O3. The molecule has 0 aliphatic carbocycles. The molecule has 0 bridgehead atoms. The van der Waals surface area contributed by atoms with Gasteiger partial charge in [0.25, 0.3) is 5.91 Å². The Balaban J connectivity index is 2.63. The summed E-state index contributed by atoms with van der Waals surface area (Å²) in [5.41, 5.74) is 5.35. The summed E-state index contributed by atoms with van der Waals surface area (Å²) in [5.74, 6) is -1.95. The van der Waals surface area contributed by atoms with Crippen LogP contribution in [0.1, 0.15) is 24.2 Å². The fourth-order valence-corrected chi connectivity index (χ4v) is 1.57. The number of anilines is 1. The molecule has 0 heterocycles. The third-order valence-corrected chi connectivity index (χ3v) is 2.66. The molecule has 1 aromatic carbocycles. The van der Waals surface area contributed by atoms with Gasteiger partial charge in [0.2, 0.25) is 0 Å². The van der Waals surface area contributed by atoms with Gasteiger partial charge in [-0.1, -0.05) is 0 Å². The highest BCUT2D eigenvalue weighted by Gasteiger charge is 2.16. The second-order valence-electron chi connectivity index (χ2n) is 3.88. The SMILES string of the molecule is CCN(CC)C(=O)COC(=O)c1ccc(N)cc1F. The number of benzene rings is 1. The molecule has 5 nitrogen and oxygen atoms in total. The summed E-state index contributed by atoms with van der Waals surface area (Å²) >= 11 is 0. The van der Waals surface area contributed by atoms with Gasteiger partial charge >= 0.3 is 5.97 Å². The van der Waals surface area contributed by atoms with Crippen molar-refractivity contribution in [1.82, 2.24) is 4.90 Å². The largest absolute Gasteiger partial charge is 0.452 e. The Morgan fingerprint density at radius 3 is 2.47 bits per heavy atom. The van der Waals surface area contributed by atoms with E-state index in [1.807, 2.05) is 13.8 Å². The molecule has 0 saturated carbocycles. The van der Waals surface area contributed by atoms with Crippen LogP contribution >= 0.6 is 0 Å². The Kier molecular flexibility index (Phi) is 5.29. The molecule has 1 amide bonds. The van der Waals surface area contributed by atoms with Crippen molar-refractivity contribution in [2.75, 3.05) is 25.4 Å². The Hall–Kier alpha value is -2.11. The van der Waals surface area contributed by atoms with Crippen molar-refractivity contribution in [2.24, 2.45) is 0 Å². The lowest BCUT2D eigenvalue weighted by Crippen LogP contribution is -2.34. The lowest BCUT2D eigenvalue weighted by Gasteiger charge is -2.18. The number of ether oxygens (including phenoxy) is 1. The van der Waals surface area contributed by atoms with Crippen molar-refractivity contribution in [3.63, 3.8) is 0 Å². The average Bonchev–Trinajstić information content (AvgIpc) is 2.37. The molecule has 0 aromatic heterocycles. The fourth-order valence-electron chi connectivity index (χ4n) is 1.57. The normalized spacial score (nSPS) is 10.1. The first-order chi connectivity index (χ1) is 8.99. The van der Waals surface area contributed by atoms with Gasteiger partial charge in [0.15, 0.2) is 6.61 Å². The number of nitrogens with zero attached hydrogens (tertiary/aromatic N) is 1. The topological polar surface area (TPSA) is 72.6 Å². The van der Waals surface area contributed by atoms with Crippen LogP contribution in [0.5, 0.6) is 0 Å². The van der Waals surface area contributed by atoms with E-state index in [0.717, 1.165) is 6.07 Å². The Morgan fingerprint density at radius 1 is 1.32 bits per heavy atom. The van der Waals surface area contributed by atoms with E-state index in [-0.39, 0.29) is 17.2 Å². The first kappa shape index (κ1) is 14.9. The van der Waals surface area contributed by atoms with Crippen LogP contribution in [-0.4, -0.2) is 36.5 Å². The minimum absolute atomic E-state index is 0.216. The molecule has 0 unspecified atom stereocenters. The lowest BCUT2D eigenvalue weighted by molar-refractivity contribution is -0.134. The molecule has 0 atom stereocenters. The minimum atomic E-state index is -0.877. The molecular weight excluding hydrogens is 251 g/mol. The van der Waals surface area contributed by atoms with Crippen LogP contribution in [0, 0.1) is 5.82 Å². The second kappa shape index (κ2) is 6.72. The maximum absolute atomic E-state index is 13.4. The quantitative estimate of drug-likeness (QED) is 0.647. The highest BCUT2D eigenvalue weighted by atomic mass is 19.1. The van der Waals surface area contributed by atoms with Gasteiger partial charge in [0.05, 0.1) is 5.56 Å². The third kappa shape index (κ3) is 3.94. The van der Waals surface area contributed by atoms with E-state index in [0.29, 0.717) is 13.1 Å². The number of amides is 1.